The van der Waals surface area contributed by atoms with Crippen molar-refractivity contribution in [2.75, 3.05) is 0 Å². The van der Waals surface area contributed by atoms with Crippen LogP contribution in [0.5, 0.6) is 5.75 Å². The fourth-order valence-corrected chi connectivity index (χ4v) is 1.68. The first-order chi connectivity index (χ1) is 9.26. The van der Waals surface area contributed by atoms with E-state index >= 15 is 0 Å². The molecule has 0 fully saturated rings. The maximum Gasteiger partial charge on any atom is 0.274 e. The molecule has 92 valence electrons. The van der Waals surface area contributed by atoms with Gasteiger partial charge in [0, 0.05) is 5.56 Å². The number of nitrogens with zero attached hydrogens (tertiary/aromatic N) is 3. The summed E-state index contributed by atoms with van der Waals surface area (Å²) in [5.41, 5.74) is 1.66. The third-order valence-electron chi connectivity index (χ3n) is 2.57. The van der Waals surface area contributed by atoms with Crippen LogP contribution in [0.1, 0.15) is 5.69 Å². The number of benzene rings is 1. The zero-order valence-corrected chi connectivity index (χ0v) is 9.66. The Morgan fingerprint density at radius 1 is 1.26 bits per heavy atom. The average Bonchev–Trinajstić information content (AvgIpc) is 3.07. The van der Waals surface area contributed by atoms with Gasteiger partial charge in [0.15, 0.2) is 0 Å². The lowest BCUT2D eigenvalue weighted by atomic mass is 10.2. The van der Waals surface area contributed by atoms with Gasteiger partial charge in [-0.3, -0.25) is 0 Å². The first-order valence-corrected chi connectivity index (χ1v) is 5.49. The molecule has 0 spiro atoms. The Kier molecular flexibility index (Phi) is 2.50. The standard InChI is InChI=1S/C13H8N4O2/c14-7-9-4-5-11(15-9)13-16-12(17-19-13)8-2-1-3-10(18)6-8/h1-6,15,18H. The average molecular weight is 252 g/mol. The molecule has 3 rings (SSSR count). The van der Waals surface area contributed by atoms with Crippen LogP contribution in [0, 0.1) is 11.3 Å². The molecule has 0 bridgehead atoms. The Bertz CT molecular complexity index is 767. The summed E-state index contributed by atoms with van der Waals surface area (Å²) in [5.74, 6) is 0.800. The second kappa shape index (κ2) is 4.31. The molecule has 0 saturated heterocycles. The van der Waals surface area contributed by atoms with Crippen molar-refractivity contribution in [3.8, 4) is 34.8 Å². The number of H-pyrrole nitrogens is 1. The summed E-state index contributed by atoms with van der Waals surface area (Å²) in [5, 5.41) is 22.0. The van der Waals surface area contributed by atoms with Crippen LogP contribution in [0.4, 0.5) is 0 Å². The molecule has 1 aromatic carbocycles. The van der Waals surface area contributed by atoms with Gasteiger partial charge in [-0.15, -0.1) is 0 Å². The second-order valence-corrected chi connectivity index (χ2v) is 3.87. The zero-order valence-electron chi connectivity index (χ0n) is 9.66. The number of hydrogen-bond donors (Lipinski definition) is 2. The normalized spacial score (nSPS) is 10.3. The molecule has 0 saturated carbocycles. The summed E-state index contributed by atoms with van der Waals surface area (Å²) in [7, 11) is 0. The van der Waals surface area contributed by atoms with E-state index in [1.54, 1.807) is 36.4 Å². The molecule has 6 heteroatoms. The highest BCUT2D eigenvalue weighted by molar-refractivity contribution is 5.60. The molecule has 0 aliphatic carbocycles. The fraction of sp³-hybridized carbons (Fsp3) is 0. The van der Waals surface area contributed by atoms with Crippen LogP contribution in [-0.2, 0) is 0 Å². The van der Waals surface area contributed by atoms with Gasteiger partial charge in [-0.2, -0.15) is 10.2 Å². The molecule has 0 aliphatic rings. The van der Waals surface area contributed by atoms with Crippen molar-refractivity contribution in [2.45, 2.75) is 0 Å². The molecular weight excluding hydrogens is 244 g/mol. The Morgan fingerprint density at radius 3 is 2.89 bits per heavy atom. The molecule has 19 heavy (non-hydrogen) atoms. The zero-order chi connectivity index (χ0) is 13.2. The van der Waals surface area contributed by atoms with Crippen molar-refractivity contribution in [1.29, 1.82) is 5.26 Å². The highest BCUT2D eigenvalue weighted by Gasteiger charge is 2.12. The number of aromatic amines is 1. The molecule has 2 heterocycles. The predicted molar refractivity (Wildman–Crippen MR) is 65.9 cm³/mol. The Balaban J connectivity index is 1.97. The molecule has 6 nitrogen and oxygen atoms in total. The largest absolute Gasteiger partial charge is 0.508 e. The van der Waals surface area contributed by atoms with Crippen LogP contribution in [0.15, 0.2) is 40.9 Å². The maximum absolute atomic E-state index is 9.41. The van der Waals surface area contributed by atoms with E-state index < -0.39 is 0 Å². The van der Waals surface area contributed by atoms with Gasteiger partial charge >= 0.3 is 0 Å². The number of nitrogens with one attached hydrogen (secondary N) is 1. The van der Waals surface area contributed by atoms with Crippen LogP contribution in [0.2, 0.25) is 0 Å². The minimum Gasteiger partial charge on any atom is -0.508 e. The van der Waals surface area contributed by atoms with Crippen molar-refractivity contribution in [3.05, 3.63) is 42.1 Å². The number of phenolic OH excluding ortho intramolecular Hbond substituents is 1. The third-order valence-corrected chi connectivity index (χ3v) is 2.57. The minimum absolute atomic E-state index is 0.135. The van der Waals surface area contributed by atoms with Gasteiger partial charge in [-0.25, -0.2) is 0 Å². The van der Waals surface area contributed by atoms with E-state index in [-0.39, 0.29) is 5.75 Å². The summed E-state index contributed by atoms with van der Waals surface area (Å²) in [4.78, 5) is 7.06. The van der Waals surface area contributed by atoms with E-state index in [2.05, 4.69) is 15.1 Å². The lowest BCUT2D eigenvalue weighted by Crippen LogP contribution is -1.81. The topological polar surface area (TPSA) is 98.7 Å². The number of aromatic nitrogens is 3. The molecule has 3 aromatic rings. The van der Waals surface area contributed by atoms with Gasteiger partial charge in [-0.1, -0.05) is 17.3 Å². The third kappa shape index (κ3) is 2.05. The fourth-order valence-electron chi connectivity index (χ4n) is 1.68. The lowest BCUT2D eigenvalue weighted by molar-refractivity contribution is 0.431. The van der Waals surface area contributed by atoms with Crippen molar-refractivity contribution in [3.63, 3.8) is 0 Å². The predicted octanol–water partition coefficient (Wildman–Crippen LogP) is 2.31. The van der Waals surface area contributed by atoms with Crippen molar-refractivity contribution < 1.29 is 9.63 Å². The van der Waals surface area contributed by atoms with E-state index in [4.69, 9.17) is 9.78 Å². The Morgan fingerprint density at radius 2 is 2.16 bits per heavy atom. The van der Waals surface area contributed by atoms with E-state index in [0.29, 0.717) is 28.7 Å². The molecular formula is C13H8N4O2. The summed E-state index contributed by atoms with van der Waals surface area (Å²) in [6, 6.07) is 11.9. The van der Waals surface area contributed by atoms with Crippen molar-refractivity contribution in [1.82, 2.24) is 15.1 Å². The Labute approximate surface area is 107 Å². The first-order valence-electron chi connectivity index (χ1n) is 5.49. The summed E-state index contributed by atoms with van der Waals surface area (Å²) >= 11 is 0. The molecule has 0 unspecified atom stereocenters. The van der Waals surface area contributed by atoms with Crippen LogP contribution in [0.25, 0.3) is 23.0 Å². The lowest BCUT2D eigenvalue weighted by Gasteiger charge is -1.94. The molecule has 0 amide bonds. The van der Waals surface area contributed by atoms with E-state index in [9.17, 15) is 5.11 Å². The number of aromatic hydroxyl groups is 1. The number of rotatable bonds is 2. The quantitative estimate of drug-likeness (QED) is 0.729. The van der Waals surface area contributed by atoms with Gasteiger partial charge in [-0.05, 0) is 24.3 Å². The Hall–Kier alpha value is -3.07. The summed E-state index contributed by atoms with van der Waals surface area (Å²) in [6.45, 7) is 0. The number of hydrogen-bond acceptors (Lipinski definition) is 5. The van der Waals surface area contributed by atoms with Crippen LogP contribution < -0.4 is 0 Å². The SMILES string of the molecule is N#Cc1ccc(-c2nc(-c3cccc(O)c3)no2)[nH]1. The van der Waals surface area contributed by atoms with Crippen molar-refractivity contribution in [2.24, 2.45) is 0 Å². The minimum atomic E-state index is 0.135. The van der Waals surface area contributed by atoms with Gasteiger partial charge in [0.2, 0.25) is 5.82 Å². The summed E-state index contributed by atoms with van der Waals surface area (Å²) < 4.78 is 5.12. The highest BCUT2D eigenvalue weighted by Crippen LogP contribution is 2.23. The van der Waals surface area contributed by atoms with E-state index in [1.807, 2.05) is 6.07 Å². The van der Waals surface area contributed by atoms with Crippen LogP contribution in [-0.4, -0.2) is 20.2 Å². The molecule has 2 N–H and O–H groups in total. The summed E-state index contributed by atoms with van der Waals surface area (Å²) in [6.07, 6.45) is 0. The van der Waals surface area contributed by atoms with E-state index in [0.717, 1.165) is 0 Å². The highest BCUT2D eigenvalue weighted by atomic mass is 16.5. The molecule has 2 aromatic heterocycles. The van der Waals surface area contributed by atoms with Gasteiger partial charge in [0.25, 0.3) is 5.89 Å². The van der Waals surface area contributed by atoms with Gasteiger partial charge < -0.3 is 14.6 Å². The van der Waals surface area contributed by atoms with E-state index in [1.165, 1.54) is 0 Å². The van der Waals surface area contributed by atoms with Crippen LogP contribution >= 0.6 is 0 Å². The molecule has 0 atom stereocenters. The number of phenols is 1. The second-order valence-electron chi connectivity index (χ2n) is 3.87. The van der Waals surface area contributed by atoms with Gasteiger partial charge in [0.1, 0.15) is 23.2 Å². The molecule has 0 radical (unpaired) electrons. The number of nitriles is 1. The van der Waals surface area contributed by atoms with Crippen molar-refractivity contribution >= 4 is 0 Å². The smallest absolute Gasteiger partial charge is 0.274 e. The maximum atomic E-state index is 9.41. The molecule has 0 aliphatic heterocycles. The first kappa shape index (κ1) is 11.0. The van der Waals surface area contributed by atoms with Gasteiger partial charge in [0.05, 0.1) is 0 Å². The monoisotopic (exact) mass is 252 g/mol. The van der Waals surface area contributed by atoms with Crippen LogP contribution in [0.3, 0.4) is 0 Å².